The first-order valence-corrected chi connectivity index (χ1v) is 8.58. The molecule has 0 amide bonds. The number of fused-ring (bicyclic) bond motifs is 1. The highest BCUT2D eigenvalue weighted by atomic mass is 16.3. The minimum atomic E-state index is -0.372. The molecule has 0 fully saturated rings. The second-order valence-electron chi connectivity index (χ2n) is 6.34. The van der Waals surface area contributed by atoms with Crippen LogP contribution >= 0.6 is 0 Å². The van der Waals surface area contributed by atoms with Crippen molar-refractivity contribution in [3.8, 4) is 5.75 Å². The SMILES string of the molecule is Cn1c(=O)c2c(ncn2CCCNCCc2ccc(O)cc2)n(C)c1=O. The van der Waals surface area contributed by atoms with Crippen molar-refractivity contribution < 1.29 is 5.11 Å². The summed E-state index contributed by atoms with van der Waals surface area (Å²) in [5.41, 5.74) is 1.35. The van der Waals surface area contributed by atoms with Crippen LogP contribution in [-0.4, -0.2) is 36.9 Å². The van der Waals surface area contributed by atoms with Gasteiger partial charge in [0.05, 0.1) is 6.33 Å². The molecule has 2 N–H and O–H groups in total. The summed E-state index contributed by atoms with van der Waals surface area (Å²) >= 11 is 0. The highest BCUT2D eigenvalue weighted by molar-refractivity contribution is 5.69. The van der Waals surface area contributed by atoms with Crippen LogP contribution in [0.4, 0.5) is 0 Å². The first-order chi connectivity index (χ1) is 12.5. The summed E-state index contributed by atoms with van der Waals surface area (Å²) in [6.45, 7) is 2.30. The van der Waals surface area contributed by atoms with Crippen LogP contribution in [0.2, 0.25) is 0 Å². The Bertz CT molecular complexity index is 1010. The van der Waals surface area contributed by atoms with Gasteiger partial charge in [-0.3, -0.25) is 13.9 Å². The Morgan fingerprint density at radius 1 is 1.08 bits per heavy atom. The van der Waals surface area contributed by atoms with Gasteiger partial charge in [-0.25, -0.2) is 9.78 Å². The first kappa shape index (κ1) is 17.9. The Hall–Kier alpha value is -2.87. The third-order valence-electron chi connectivity index (χ3n) is 4.50. The van der Waals surface area contributed by atoms with Gasteiger partial charge in [-0.15, -0.1) is 0 Å². The van der Waals surface area contributed by atoms with E-state index in [9.17, 15) is 14.7 Å². The average Bonchev–Trinajstić information content (AvgIpc) is 3.06. The number of benzene rings is 1. The predicted octanol–water partition coefficient (Wildman–Crippen LogP) is 0.362. The van der Waals surface area contributed by atoms with Crippen LogP contribution in [0.1, 0.15) is 12.0 Å². The molecule has 0 aliphatic rings. The van der Waals surface area contributed by atoms with E-state index in [-0.39, 0.29) is 17.0 Å². The molecule has 2 heterocycles. The fraction of sp³-hybridized carbons (Fsp3) is 0.389. The lowest BCUT2D eigenvalue weighted by Crippen LogP contribution is -2.37. The quantitative estimate of drug-likeness (QED) is 0.596. The number of nitrogens with zero attached hydrogens (tertiary/aromatic N) is 4. The number of aromatic hydroxyl groups is 1. The normalized spacial score (nSPS) is 11.3. The number of aromatic nitrogens is 4. The molecule has 0 aliphatic carbocycles. The van der Waals surface area contributed by atoms with E-state index < -0.39 is 0 Å². The van der Waals surface area contributed by atoms with Crippen molar-refractivity contribution in [2.45, 2.75) is 19.4 Å². The second-order valence-corrected chi connectivity index (χ2v) is 6.34. The van der Waals surface area contributed by atoms with Crippen molar-refractivity contribution >= 4 is 11.2 Å². The lowest BCUT2D eigenvalue weighted by atomic mass is 10.1. The topological polar surface area (TPSA) is 94.1 Å². The molecule has 3 rings (SSSR count). The molecule has 8 heteroatoms. The third kappa shape index (κ3) is 3.55. The van der Waals surface area contributed by atoms with E-state index in [0.717, 1.165) is 30.5 Å². The average molecular weight is 357 g/mol. The zero-order chi connectivity index (χ0) is 18.7. The van der Waals surface area contributed by atoms with Gasteiger partial charge in [0.15, 0.2) is 11.2 Å². The van der Waals surface area contributed by atoms with Gasteiger partial charge in [0.2, 0.25) is 0 Å². The summed E-state index contributed by atoms with van der Waals surface area (Å²) in [7, 11) is 3.10. The van der Waals surface area contributed by atoms with Gasteiger partial charge in [0.1, 0.15) is 5.75 Å². The monoisotopic (exact) mass is 357 g/mol. The molecule has 3 aromatic rings. The largest absolute Gasteiger partial charge is 0.508 e. The summed E-state index contributed by atoms with van der Waals surface area (Å²) in [5.74, 6) is 0.276. The highest BCUT2D eigenvalue weighted by Crippen LogP contribution is 2.09. The molecule has 0 aliphatic heterocycles. The van der Waals surface area contributed by atoms with Gasteiger partial charge in [-0.1, -0.05) is 12.1 Å². The maximum absolute atomic E-state index is 12.4. The molecule has 0 spiro atoms. The maximum atomic E-state index is 12.4. The number of rotatable bonds is 7. The number of imidazole rings is 1. The molecule has 26 heavy (non-hydrogen) atoms. The Morgan fingerprint density at radius 2 is 1.81 bits per heavy atom. The van der Waals surface area contributed by atoms with Crippen molar-refractivity contribution in [1.82, 2.24) is 24.0 Å². The fourth-order valence-electron chi connectivity index (χ4n) is 2.96. The summed E-state index contributed by atoms with van der Waals surface area (Å²) < 4.78 is 4.30. The number of hydrogen-bond donors (Lipinski definition) is 2. The molecule has 0 atom stereocenters. The molecule has 2 aromatic heterocycles. The summed E-state index contributed by atoms with van der Waals surface area (Å²) in [6, 6.07) is 7.20. The van der Waals surface area contributed by atoms with Crippen LogP contribution in [0.3, 0.4) is 0 Å². The minimum absolute atomic E-state index is 0.276. The number of nitrogens with one attached hydrogen (secondary N) is 1. The zero-order valence-electron chi connectivity index (χ0n) is 15.0. The Morgan fingerprint density at radius 3 is 2.54 bits per heavy atom. The van der Waals surface area contributed by atoms with Crippen molar-refractivity contribution in [2.24, 2.45) is 14.1 Å². The molecule has 0 saturated carbocycles. The molecule has 8 nitrogen and oxygen atoms in total. The van der Waals surface area contributed by atoms with E-state index >= 15 is 0 Å². The van der Waals surface area contributed by atoms with Gasteiger partial charge >= 0.3 is 5.69 Å². The standard InChI is InChI=1S/C18H23N5O3/c1-21-16-15(17(25)22(2)18(21)26)23(12-20-16)11-3-9-19-10-8-13-4-6-14(24)7-5-13/h4-7,12,19,24H,3,8-11H2,1-2H3. The van der Waals surface area contributed by atoms with Crippen LogP contribution in [-0.2, 0) is 27.1 Å². The molecule has 0 saturated heterocycles. The van der Waals surface area contributed by atoms with E-state index in [0.29, 0.717) is 17.7 Å². The highest BCUT2D eigenvalue weighted by Gasteiger charge is 2.13. The van der Waals surface area contributed by atoms with E-state index in [1.807, 2.05) is 12.1 Å². The molecular weight excluding hydrogens is 334 g/mol. The van der Waals surface area contributed by atoms with Gasteiger partial charge in [0, 0.05) is 20.6 Å². The van der Waals surface area contributed by atoms with Gasteiger partial charge < -0.3 is 15.0 Å². The van der Waals surface area contributed by atoms with Crippen LogP contribution in [0.5, 0.6) is 5.75 Å². The van der Waals surface area contributed by atoms with Crippen LogP contribution in [0.15, 0.2) is 40.2 Å². The number of phenolic OH excluding ortho intramolecular Hbond substituents is 1. The van der Waals surface area contributed by atoms with Crippen LogP contribution < -0.4 is 16.6 Å². The van der Waals surface area contributed by atoms with Gasteiger partial charge in [-0.05, 0) is 43.6 Å². The molecule has 138 valence electrons. The second kappa shape index (κ2) is 7.57. The van der Waals surface area contributed by atoms with Crippen molar-refractivity contribution in [3.63, 3.8) is 0 Å². The predicted molar refractivity (Wildman–Crippen MR) is 99.5 cm³/mol. The first-order valence-electron chi connectivity index (χ1n) is 8.58. The summed E-state index contributed by atoms with van der Waals surface area (Å²) in [6.07, 6.45) is 3.34. The van der Waals surface area contributed by atoms with E-state index in [1.165, 1.54) is 17.2 Å². The molecule has 1 aromatic carbocycles. The van der Waals surface area contributed by atoms with Crippen LogP contribution in [0, 0.1) is 0 Å². The van der Waals surface area contributed by atoms with Crippen molar-refractivity contribution in [1.29, 1.82) is 0 Å². The molecular formula is C18H23N5O3. The lowest BCUT2D eigenvalue weighted by Gasteiger charge is -2.08. The zero-order valence-corrected chi connectivity index (χ0v) is 15.0. The molecule has 0 radical (unpaired) electrons. The van der Waals surface area contributed by atoms with Crippen molar-refractivity contribution in [2.75, 3.05) is 13.1 Å². The number of aryl methyl sites for hydroxylation is 2. The fourth-order valence-corrected chi connectivity index (χ4v) is 2.96. The van der Waals surface area contributed by atoms with Gasteiger partial charge in [0.25, 0.3) is 5.56 Å². The molecule has 0 bridgehead atoms. The van der Waals surface area contributed by atoms with Crippen molar-refractivity contribution in [3.05, 3.63) is 57.0 Å². The Labute approximate surface area is 150 Å². The number of phenols is 1. The van der Waals surface area contributed by atoms with E-state index in [4.69, 9.17) is 0 Å². The summed E-state index contributed by atoms with van der Waals surface area (Å²) in [5, 5.41) is 12.6. The minimum Gasteiger partial charge on any atom is -0.508 e. The third-order valence-corrected chi connectivity index (χ3v) is 4.50. The maximum Gasteiger partial charge on any atom is 0.332 e. The lowest BCUT2D eigenvalue weighted by molar-refractivity contribution is 0.475. The molecule has 0 unspecified atom stereocenters. The van der Waals surface area contributed by atoms with Crippen LogP contribution in [0.25, 0.3) is 11.2 Å². The number of hydrogen-bond acceptors (Lipinski definition) is 5. The Balaban J connectivity index is 1.55. The van der Waals surface area contributed by atoms with E-state index in [2.05, 4.69) is 10.3 Å². The summed E-state index contributed by atoms with van der Waals surface area (Å²) in [4.78, 5) is 28.5. The van der Waals surface area contributed by atoms with Gasteiger partial charge in [-0.2, -0.15) is 0 Å². The van der Waals surface area contributed by atoms with E-state index in [1.54, 1.807) is 30.1 Å². The smallest absolute Gasteiger partial charge is 0.332 e. The Kier molecular flexibility index (Phi) is 5.22.